The molecule has 0 aliphatic rings. The van der Waals surface area contributed by atoms with Crippen molar-refractivity contribution in [2.75, 3.05) is 20.0 Å². The topological polar surface area (TPSA) is 61.5 Å². The Balaban J connectivity index is 2.34. The number of carbonyl (C=O) groups is 1. The first-order valence-corrected chi connectivity index (χ1v) is 6.45. The summed E-state index contributed by atoms with van der Waals surface area (Å²) >= 11 is 0. The summed E-state index contributed by atoms with van der Waals surface area (Å²) in [5.41, 5.74) is 7.44. The number of anilines is 1. The van der Waals surface area contributed by atoms with E-state index in [4.69, 9.17) is 15.2 Å². The summed E-state index contributed by atoms with van der Waals surface area (Å²) in [4.78, 5) is 12.2. The normalized spacial score (nSPS) is 10.6. The van der Waals surface area contributed by atoms with Crippen LogP contribution in [0.3, 0.4) is 0 Å². The number of allylic oxidation sites excluding steroid dienone is 1. The van der Waals surface area contributed by atoms with Crippen molar-refractivity contribution in [3.63, 3.8) is 0 Å². The molecule has 4 heteroatoms. The Morgan fingerprint density at radius 2 is 1.62 bits per heavy atom. The minimum Gasteiger partial charge on any atom is -0.496 e. The van der Waals surface area contributed by atoms with Gasteiger partial charge in [-0.05, 0) is 36.4 Å². The Morgan fingerprint density at radius 3 is 2.19 bits per heavy atom. The number of nitrogen functional groups attached to an aromatic ring is 1. The molecule has 4 nitrogen and oxygen atoms in total. The van der Waals surface area contributed by atoms with Gasteiger partial charge < -0.3 is 15.2 Å². The molecule has 0 atom stereocenters. The van der Waals surface area contributed by atoms with Crippen LogP contribution in [-0.2, 0) is 0 Å². The number of benzene rings is 2. The summed E-state index contributed by atoms with van der Waals surface area (Å²) in [6.45, 7) is 0. The van der Waals surface area contributed by atoms with E-state index in [2.05, 4.69) is 0 Å². The number of ketones is 1. The lowest BCUT2D eigenvalue weighted by Crippen LogP contribution is -2.00. The molecular formula is C17H17NO3. The van der Waals surface area contributed by atoms with Crippen LogP contribution in [0.1, 0.15) is 15.9 Å². The van der Waals surface area contributed by atoms with E-state index in [1.54, 1.807) is 44.6 Å². The number of carbonyl (C=O) groups excluding carboxylic acids is 1. The van der Waals surface area contributed by atoms with E-state index >= 15 is 0 Å². The van der Waals surface area contributed by atoms with Crippen LogP contribution in [0.5, 0.6) is 11.5 Å². The monoisotopic (exact) mass is 283 g/mol. The number of rotatable bonds is 5. The molecule has 0 radical (unpaired) electrons. The lowest BCUT2D eigenvalue weighted by molar-refractivity contribution is 0.104. The van der Waals surface area contributed by atoms with Crippen molar-refractivity contribution in [3.8, 4) is 11.5 Å². The Kier molecular flexibility index (Phi) is 4.61. The number of ether oxygens (including phenoxy) is 2. The number of hydrogen-bond acceptors (Lipinski definition) is 4. The highest BCUT2D eigenvalue weighted by Crippen LogP contribution is 2.29. The fourth-order valence-electron chi connectivity index (χ4n) is 2.01. The lowest BCUT2D eigenvalue weighted by atomic mass is 10.1. The van der Waals surface area contributed by atoms with Crippen LogP contribution in [0.4, 0.5) is 5.69 Å². The van der Waals surface area contributed by atoms with Crippen LogP contribution in [0.25, 0.3) is 6.08 Å². The second-order valence-electron chi connectivity index (χ2n) is 4.36. The molecule has 2 N–H and O–H groups in total. The molecule has 0 spiro atoms. The van der Waals surface area contributed by atoms with E-state index in [-0.39, 0.29) is 5.78 Å². The maximum atomic E-state index is 12.2. The molecule has 0 fully saturated rings. The molecular weight excluding hydrogens is 266 g/mol. The molecule has 21 heavy (non-hydrogen) atoms. The van der Waals surface area contributed by atoms with E-state index in [9.17, 15) is 4.79 Å². The van der Waals surface area contributed by atoms with Crippen molar-refractivity contribution in [2.24, 2.45) is 0 Å². The molecule has 2 aromatic rings. The van der Waals surface area contributed by atoms with E-state index in [1.807, 2.05) is 18.2 Å². The van der Waals surface area contributed by atoms with Gasteiger partial charge in [0.2, 0.25) is 0 Å². The minimum atomic E-state index is -0.166. The van der Waals surface area contributed by atoms with Gasteiger partial charge >= 0.3 is 0 Å². The molecule has 108 valence electrons. The maximum absolute atomic E-state index is 12.2. The van der Waals surface area contributed by atoms with Gasteiger partial charge in [-0.25, -0.2) is 0 Å². The first-order valence-electron chi connectivity index (χ1n) is 6.45. The summed E-state index contributed by atoms with van der Waals surface area (Å²) in [5.74, 6) is 1.11. The SMILES string of the molecule is COc1cccc(OC)c1C=CC(=O)c1ccccc1N. The molecule has 0 amide bonds. The zero-order valence-electron chi connectivity index (χ0n) is 12.0. The van der Waals surface area contributed by atoms with E-state index in [1.165, 1.54) is 6.08 Å². The Labute approximate surface area is 123 Å². The second-order valence-corrected chi connectivity index (χ2v) is 4.36. The van der Waals surface area contributed by atoms with Gasteiger partial charge in [-0.2, -0.15) is 0 Å². The molecule has 2 rings (SSSR count). The zero-order valence-corrected chi connectivity index (χ0v) is 12.0. The molecule has 0 saturated carbocycles. The maximum Gasteiger partial charge on any atom is 0.187 e. The summed E-state index contributed by atoms with van der Waals surface area (Å²) in [6, 6.07) is 12.4. The van der Waals surface area contributed by atoms with Gasteiger partial charge in [0.25, 0.3) is 0 Å². The van der Waals surface area contributed by atoms with Crippen molar-refractivity contribution in [3.05, 3.63) is 59.7 Å². The van der Waals surface area contributed by atoms with E-state index < -0.39 is 0 Å². The van der Waals surface area contributed by atoms with E-state index in [0.29, 0.717) is 28.3 Å². The summed E-state index contributed by atoms with van der Waals surface area (Å²) in [7, 11) is 3.15. The fourth-order valence-corrected chi connectivity index (χ4v) is 2.01. The third-order valence-corrected chi connectivity index (χ3v) is 3.09. The highest BCUT2D eigenvalue weighted by atomic mass is 16.5. The average molecular weight is 283 g/mol. The van der Waals surface area contributed by atoms with Gasteiger partial charge in [-0.3, -0.25) is 4.79 Å². The highest BCUT2D eigenvalue weighted by Gasteiger charge is 2.09. The number of para-hydroxylation sites is 1. The standard InChI is InChI=1S/C17H17NO3/c1-20-16-8-5-9-17(21-2)13(16)10-11-15(19)12-6-3-4-7-14(12)18/h3-11H,18H2,1-2H3. The number of methoxy groups -OCH3 is 2. The van der Waals surface area contributed by atoms with Gasteiger partial charge in [0, 0.05) is 11.3 Å². The van der Waals surface area contributed by atoms with Crippen molar-refractivity contribution < 1.29 is 14.3 Å². The molecule has 0 aliphatic heterocycles. The Bertz CT molecular complexity index is 655. The zero-order chi connectivity index (χ0) is 15.2. The van der Waals surface area contributed by atoms with Crippen LogP contribution >= 0.6 is 0 Å². The van der Waals surface area contributed by atoms with Crippen molar-refractivity contribution in [2.45, 2.75) is 0 Å². The number of nitrogens with two attached hydrogens (primary N) is 1. The predicted octanol–water partition coefficient (Wildman–Crippen LogP) is 3.18. The van der Waals surface area contributed by atoms with Crippen LogP contribution in [0.15, 0.2) is 48.5 Å². The molecule has 2 aromatic carbocycles. The molecule has 0 unspecified atom stereocenters. The average Bonchev–Trinajstić information content (AvgIpc) is 2.52. The van der Waals surface area contributed by atoms with E-state index in [0.717, 1.165) is 0 Å². The van der Waals surface area contributed by atoms with Gasteiger partial charge in [0.1, 0.15) is 11.5 Å². The van der Waals surface area contributed by atoms with Gasteiger partial charge in [-0.1, -0.05) is 18.2 Å². The van der Waals surface area contributed by atoms with Crippen molar-refractivity contribution >= 4 is 17.5 Å². The van der Waals surface area contributed by atoms with Gasteiger partial charge in [0.05, 0.1) is 19.8 Å². The van der Waals surface area contributed by atoms with Gasteiger partial charge in [-0.15, -0.1) is 0 Å². The summed E-state index contributed by atoms with van der Waals surface area (Å²) < 4.78 is 10.6. The minimum absolute atomic E-state index is 0.166. The third-order valence-electron chi connectivity index (χ3n) is 3.09. The smallest absolute Gasteiger partial charge is 0.187 e. The number of hydrogen-bond donors (Lipinski definition) is 1. The summed E-state index contributed by atoms with van der Waals surface area (Å²) in [5, 5.41) is 0. The summed E-state index contributed by atoms with van der Waals surface area (Å²) in [6.07, 6.45) is 3.14. The van der Waals surface area contributed by atoms with Gasteiger partial charge in [0.15, 0.2) is 5.78 Å². The van der Waals surface area contributed by atoms with Crippen LogP contribution in [0.2, 0.25) is 0 Å². The van der Waals surface area contributed by atoms with Crippen LogP contribution in [-0.4, -0.2) is 20.0 Å². The molecule has 0 saturated heterocycles. The molecule has 0 heterocycles. The lowest BCUT2D eigenvalue weighted by Gasteiger charge is -2.09. The third kappa shape index (κ3) is 3.23. The van der Waals surface area contributed by atoms with Crippen molar-refractivity contribution in [1.29, 1.82) is 0 Å². The van der Waals surface area contributed by atoms with Crippen molar-refractivity contribution in [1.82, 2.24) is 0 Å². The Hall–Kier alpha value is -2.75. The fraction of sp³-hybridized carbons (Fsp3) is 0.118. The molecule has 0 bridgehead atoms. The largest absolute Gasteiger partial charge is 0.496 e. The van der Waals surface area contributed by atoms with Crippen LogP contribution < -0.4 is 15.2 Å². The molecule has 0 aromatic heterocycles. The first-order chi connectivity index (χ1) is 10.2. The predicted molar refractivity (Wildman–Crippen MR) is 83.8 cm³/mol. The molecule has 0 aliphatic carbocycles. The first kappa shape index (κ1) is 14.7. The quantitative estimate of drug-likeness (QED) is 0.520. The Morgan fingerprint density at radius 1 is 1.00 bits per heavy atom. The van der Waals surface area contributed by atoms with Crippen LogP contribution in [0, 0.1) is 0 Å². The highest BCUT2D eigenvalue weighted by molar-refractivity contribution is 6.10. The second kappa shape index (κ2) is 6.61.